The summed E-state index contributed by atoms with van der Waals surface area (Å²) in [5.74, 6) is -0.543. The first kappa shape index (κ1) is 13.4. The maximum Gasteiger partial charge on any atom is 0.387 e. The van der Waals surface area contributed by atoms with E-state index in [4.69, 9.17) is 9.47 Å². The third kappa shape index (κ3) is 4.78. The molecule has 0 radical (unpaired) electrons. The van der Waals surface area contributed by atoms with Crippen LogP contribution in [0.2, 0.25) is 0 Å². The van der Waals surface area contributed by atoms with Crippen molar-refractivity contribution in [3.05, 3.63) is 29.8 Å². The number of carbonyl (C=O) groups excluding carboxylic acids is 1. The molecular formula is C11H12F2O4. The van der Waals surface area contributed by atoms with Gasteiger partial charge in [-0.05, 0) is 24.3 Å². The molecule has 0 saturated carbocycles. The fourth-order valence-corrected chi connectivity index (χ4v) is 1.07. The molecule has 0 amide bonds. The Hall–Kier alpha value is -1.69. The highest BCUT2D eigenvalue weighted by Crippen LogP contribution is 2.15. The van der Waals surface area contributed by atoms with Crippen LogP contribution in [0.25, 0.3) is 0 Å². The van der Waals surface area contributed by atoms with Crippen LogP contribution in [0, 0.1) is 0 Å². The Labute approximate surface area is 97.1 Å². The molecule has 4 nitrogen and oxygen atoms in total. The van der Waals surface area contributed by atoms with Crippen molar-refractivity contribution >= 4 is 5.97 Å². The Kier molecular flexibility index (Phi) is 5.35. The van der Waals surface area contributed by atoms with Crippen LogP contribution in [0.5, 0.6) is 5.75 Å². The molecule has 1 rings (SSSR count). The van der Waals surface area contributed by atoms with Gasteiger partial charge in [0.15, 0.2) is 0 Å². The highest BCUT2D eigenvalue weighted by molar-refractivity contribution is 5.89. The zero-order chi connectivity index (χ0) is 12.7. The number of methoxy groups -OCH3 is 1. The number of hydrogen-bond donors (Lipinski definition) is 0. The maximum absolute atomic E-state index is 11.9. The van der Waals surface area contributed by atoms with Crippen molar-refractivity contribution in [1.29, 1.82) is 0 Å². The van der Waals surface area contributed by atoms with E-state index in [1.807, 2.05) is 0 Å². The van der Waals surface area contributed by atoms with Gasteiger partial charge in [-0.3, -0.25) is 0 Å². The second kappa shape index (κ2) is 6.80. The van der Waals surface area contributed by atoms with Crippen molar-refractivity contribution in [2.75, 3.05) is 20.3 Å². The van der Waals surface area contributed by atoms with E-state index in [1.165, 1.54) is 31.4 Å². The molecule has 0 aromatic heterocycles. The monoisotopic (exact) mass is 246 g/mol. The summed E-state index contributed by atoms with van der Waals surface area (Å²) >= 11 is 0. The number of hydrogen-bond acceptors (Lipinski definition) is 4. The lowest BCUT2D eigenvalue weighted by molar-refractivity contribution is -0.0498. The second-order valence-corrected chi connectivity index (χ2v) is 3.03. The fourth-order valence-electron chi connectivity index (χ4n) is 1.07. The molecule has 0 aliphatic rings. The highest BCUT2D eigenvalue weighted by Gasteiger charge is 2.08. The normalized spacial score (nSPS) is 10.4. The highest BCUT2D eigenvalue weighted by atomic mass is 19.3. The summed E-state index contributed by atoms with van der Waals surface area (Å²) in [5, 5.41) is 0. The zero-order valence-electron chi connectivity index (χ0n) is 9.19. The van der Waals surface area contributed by atoms with Gasteiger partial charge in [0, 0.05) is 7.11 Å². The lowest BCUT2D eigenvalue weighted by Crippen LogP contribution is -2.10. The molecule has 1 aromatic carbocycles. The predicted molar refractivity (Wildman–Crippen MR) is 55.2 cm³/mol. The molecule has 0 saturated heterocycles. The van der Waals surface area contributed by atoms with Crippen LogP contribution in [-0.4, -0.2) is 32.9 Å². The summed E-state index contributed by atoms with van der Waals surface area (Å²) in [6.45, 7) is -2.43. The van der Waals surface area contributed by atoms with Crippen molar-refractivity contribution < 1.29 is 27.8 Å². The van der Waals surface area contributed by atoms with Crippen LogP contribution in [0.4, 0.5) is 8.78 Å². The topological polar surface area (TPSA) is 44.8 Å². The molecule has 94 valence electrons. The van der Waals surface area contributed by atoms with E-state index in [2.05, 4.69) is 4.74 Å². The first-order valence-electron chi connectivity index (χ1n) is 4.84. The van der Waals surface area contributed by atoms with Gasteiger partial charge < -0.3 is 14.2 Å². The number of carbonyl (C=O) groups is 1. The summed E-state index contributed by atoms with van der Waals surface area (Å²) in [6.07, 6.45) is 0. The average molecular weight is 246 g/mol. The minimum absolute atomic E-state index is 0.00607. The number of benzene rings is 1. The van der Waals surface area contributed by atoms with Crippen LogP contribution in [0.3, 0.4) is 0 Å². The molecule has 1 aromatic rings. The summed E-state index contributed by atoms with van der Waals surface area (Å²) in [4.78, 5) is 11.4. The Morgan fingerprint density at radius 3 is 2.41 bits per heavy atom. The Bertz CT molecular complexity index is 351. The van der Waals surface area contributed by atoms with Crippen LogP contribution < -0.4 is 4.74 Å². The minimum atomic E-state index is -2.88. The molecular weight excluding hydrogens is 234 g/mol. The van der Waals surface area contributed by atoms with Gasteiger partial charge in [-0.15, -0.1) is 0 Å². The molecule has 0 unspecified atom stereocenters. The molecule has 0 heterocycles. The number of esters is 1. The number of alkyl halides is 2. The van der Waals surface area contributed by atoms with Gasteiger partial charge in [0.25, 0.3) is 0 Å². The summed E-state index contributed by atoms with van der Waals surface area (Å²) < 4.78 is 37.4. The zero-order valence-corrected chi connectivity index (χ0v) is 9.19. The SMILES string of the molecule is COCCOC(=O)c1ccc(OC(F)F)cc1. The molecule has 17 heavy (non-hydrogen) atoms. The first-order chi connectivity index (χ1) is 8.13. The predicted octanol–water partition coefficient (Wildman–Crippen LogP) is 2.09. The van der Waals surface area contributed by atoms with Crippen molar-refractivity contribution in [1.82, 2.24) is 0 Å². The Morgan fingerprint density at radius 1 is 1.24 bits per heavy atom. The number of halogens is 2. The quantitative estimate of drug-likeness (QED) is 0.569. The van der Waals surface area contributed by atoms with Gasteiger partial charge in [-0.1, -0.05) is 0 Å². The third-order valence-corrected chi connectivity index (χ3v) is 1.84. The van der Waals surface area contributed by atoms with Gasteiger partial charge in [0.2, 0.25) is 0 Å². The van der Waals surface area contributed by atoms with Gasteiger partial charge in [-0.2, -0.15) is 8.78 Å². The summed E-state index contributed by atoms with van der Waals surface area (Å²) in [6, 6.07) is 5.26. The largest absolute Gasteiger partial charge is 0.460 e. The number of rotatable bonds is 6. The molecule has 0 aliphatic heterocycles. The lowest BCUT2D eigenvalue weighted by Gasteiger charge is -2.06. The average Bonchev–Trinajstić information content (AvgIpc) is 2.29. The smallest absolute Gasteiger partial charge is 0.387 e. The molecule has 0 spiro atoms. The van der Waals surface area contributed by atoms with E-state index in [0.717, 1.165) is 0 Å². The van der Waals surface area contributed by atoms with E-state index in [0.29, 0.717) is 6.61 Å². The molecule has 0 bridgehead atoms. The van der Waals surface area contributed by atoms with E-state index >= 15 is 0 Å². The molecule has 0 fully saturated rings. The maximum atomic E-state index is 11.9. The molecule has 6 heteroatoms. The minimum Gasteiger partial charge on any atom is -0.460 e. The van der Waals surface area contributed by atoms with Gasteiger partial charge in [0.05, 0.1) is 12.2 Å². The second-order valence-electron chi connectivity index (χ2n) is 3.03. The van der Waals surface area contributed by atoms with Crippen molar-refractivity contribution in [2.45, 2.75) is 6.61 Å². The standard InChI is InChI=1S/C11H12F2O4/c1-15-6-7-16-10(14)8-2-4-9(5-3-8)17-11(12)13/h2-5,11H,6-7H2,1H3. The molecule has 0 aliphatic carbocycles. The van der Waals surface area contributed by atoms with Crippen molar-refractivity contribution in [3.63, 3.8) is 0 Å². The number of ether oxygens (including phenoxy) is 3. The van der Waals surface area contributed by atoms with E-state index < -0.39 is 12.6 Å². The molecule has 0 N–H and O–H groups in total. The van der Waals surface area contributed by atoms with Gasteiger partial charge >= 0.3 is 12.6 Å². The Morgan fingerprint density at radius 2 is 1.88 bits per heavy atom. The fraction of sp³-hybridized carbons (Fsp3) is 0.364. The van der Waals surface area contributed by atoms with Crippen molar-refractivity contribution in [2.24, 2.45) is 0 Å². The third-order valence-electron chi connectivity index (χ3n) is 1.84. The Balaban J connectivity index is 2.52. The summed E-state index contributed by atoms with van der Waals surface area (Å²) in [7, 11) is 1.49. The van der Waals surface area contributed by atoms with Crippen LogP contribution >= 0.6 is 0 Å². The van der Waals surface area contributed by atoms with E-state index in [9.17, 15) is 13.6 Å². The van der Waals surface area contributed by atoms with Crippen LogP contribution in [0.15, 0.2) is 24.3 Å². The lowest BCUT2D eigenvalue weighted by atomic mass is 10.2. The van der Waals surface area contributed by atoms with Crippen molar-refractivity contribution in [3.8, 4) is 5.75 Å². The molecule has 0 atom stereocenters. The van der Waals surface area contributed by atoms with Gasteiger partial charge in [-0.25, -0.2) is 4.79 Å². The van der Waals surface area contributed by atoms with E-state index in [1.54, 1.807) is 0 Å². The van der Waals surface area contributed by atoms with Crippen LogP contribution in [0.1, 0.15) is 10.4 Å². The van der Waals surface area contributed by atoms with E-state index in [-0.39, 0.29) is 17.9 Å². The first-order valence-corrected chi connectivity index (χ1v) is 4.84. The van der Waals surface area contributed by atoms with Crippen LogP contribution in [-0.2, 0) is 9.47 Å². The summed E-state index contributed by atoms with van der Waals surface area (Å²) in [5.41, 5.74) is 0.266. The van der Waals surface area contributed by atoms with Gasteiger partial charge in [0.1, 0.15) is 12.4 Å².